The van der Waals surface area contributed by atoms with E-state index in [9.17, 15) is 0 Å². The van der Waals surface area contributed by atoms with Gasteiger partial charge in [0.2, 0.25) is 0 Å². The number of pyridine rings is 1. The van der Waals surface area contributed by atoms with Crippen molar-refractivity contribution in [2.75, 3.05) is 18.2 Å². The minimum absolute atomic E-state index is 0.575. The van der Waals surface area contributed by atoms with E-state index in [0.717, 1.165) is 28.1 Å². The first-order valence-corrected chi connectivity index (χ1v) is 6.26. The third-order valence-electron chi connectivity index (χ3n) is 3.13. The van der Waals surface area contributed by atoms with Crippen LogP contribution >= 0.6 is 0 Å². The van der Waals surface area contributed by atoms with Crippen molar-refractivity contribution >= 4 is 22.5 Å². The van der Waals surface area contributed by atoms with Crippen molar-refractivity contribution in [3.05, 3.63) is 48.4 Å². The predicted octanol–water partition coefficient (Wildman–Crippen LogP) is 3.03. The van der Waals surface area contributed by atoms with Crippen molar-refractivity contribution in [3.8, 4) is 5.75 Å². The standard InChI is InChI=1S/C15H15N3O2/c1-19-13-3-2-11(16)8-10(13)9-18-15-12-5-7-20-14(12)4-6-17-15/h2-8H,9,16H2,1H3,(H,17,18). The lowest BCUT2D eigenvalue weighted by Gasteiger charge is -2.11. The molecule has 2 aromatic heterocycles. The van der Waals surface area contributed by atoms with Crippen molar-refractivity contribution in [2.45, 2.75) is 6.54 Å². The van der Waals surface area contributed by atoms with Crippen LogP contribution in [0.3, 0.4) is 0 Å². The van der Waals surface area contributed by atoms with Crippen LogP contribution in [0.15, 0.2) is 47.2 Å². The Labute approximate surface area is 116 Å². The number of hydrogen-bond donors (Lipinski definition) is 2. The molecule has 0 fully saturated rings. The molecular formula is C15H15N3O2. The van der Waals surface area contributed by atoms with Gasteiger partial charge in [0, 0.05) is 24.0 Å². The summed E-state index contributed by atoms with van der Waals surface area (Å²) in [4.78, 5) is 4.33. The van der Waals surface area contributed by atoms with Crippen molar-refractivity contribution in [3.63, 3.8) is 0 Å². The van der Waals surface area contributed by atoms with Gasteiger partial charge in [-0.2, -0.15) is 0 Å². The summed E-state index contributed by atoms with van der Waals surface area (Å²) in [6.45, 7) is 0.575. The number of fused-ring (bicyclic) bond motifs is 1. The number of nitrogens with one attached hydrogen (secondary N) is 1. The van der Waals surface area contributed by atoms with Gasteiger partial charge >= 0.3 is 0 Å². The van der Waals surface area contributed by atoms with E-state index in [-0.39, 0.29) is 0 Å². The zero-order valence-electron chi connectivity index (χ0n) is 11.1. The van der Waals surface area contributed by atoms with Gasteiger partial charge in [0.25, 0.3) is 0 Å². The van der Waals surface area contributed by atoms with Crippen LogP contribution in [0.25, 0.3) is 11.0 Å². The smallest absolute Gasteiger partial charge is 0.139 e. The molecule has 0 unspecified atom stereocenters. The summed E-state index contributed by atoms with van der Waals surface area (Å²) in [6, 6.07) is 9.29. The molecule has 3 rings (SSSR count). The molecule has 102 valence electrons. The number of methoxy groups -OCH3 is 1. The van der Waals surface area contributed by atoms with Crippen LogP contribution in [0, 0.1) is 0 Å². The number of anilines is 2. The van der Waals surface area contributed by atoms with E-state index in [1.807, 2.05) is 30.3 Å². The maximum absolute atomic E-state index is 5.81. The predicted molar refractivity (Wildman–Crippen MR) is 78.7 cm³/mol. The Morgan fingerprint density at radius 3 is 3.05 bits per heavy atom. The highest BCUT2D eigenvalue weighted by Crippen LogP contribution is 2.25. The molecule has 0 saturated heterocycles. The lowest BCUT2D eigenvalue weighted by atomic mass is 10.1. The minimum Gasteiger partial charge on any atom is -0.496 e. The fraction of sp³-hybridized carbons (Fsp3) is 0.133. The summed E-state index contributed by atoms with van der Waals surface area (Å²) in [5.74, 6) is 1.58. The average molecular weight is 269 g/mol. The van der Waals surface area contributed by atoms with Crippen molar-refractivity contribution in [1.29, 1.82) is 0 Å². The van der Waals surface area contributed by atoms with Crippen LogP contribution in [0.5, 0.6) is 5.75 Å². The van der Waals surface area contributed by atoms with Crippen LogP contribution in [-0.4, -0.2) is 12.1 Å². The van der Waals surface area contributed by atoms with E-state index >= 15 is 0 Å². The third kappa shape index (κ3) is 2.25. The highest BCUT2D eigenvalue weighted by atomic mass is 16.5. The summed E-state index contributed by atoms with van der Waals surface area (Å²) < 4.78 is 10.7. The first-order chi connectivity index (χ1) is 9.78. The Kier molecular flexibility index (Phi) is 3.16. The Morgan fingerprint density at radius 1 is 1.30 bits per heavy atom. The monoisotopic (exact) mass is 269 g/mol. The van der Waals surface area contributed by atoms with Crippen LogP contribution in [-0.2, 0) is 6.54 Å². The Bertz CT molecular complexity index is 737. The molecule has 0 amide bonds. The van der Waals surface area contributed by atoms with E-state index in [4.69, 9.17) is 14.9 Å². The fourth-order valence-corrected chi connectivity index (χ4v) is 2.15. The molecule has 0 aliphatic rings. The molecule has 3 aromatic rings. The number of ether oxygens (including phenoxy) is 1. The molecule has 2 heterocycles. The van der Waals surface area contributed by atoms with Crippen LogP contribution in [0.1, 0.15) is 5.56 Å². The number of aromatic nitrogens is 1. The normalized spacial score (nSPS) is 10.7. The average Bonchev–Trinajstić information content (AvgIpc) is 2.94. The van der Waals surface area contributed by atoms with Gasteiger partial charge in [-0.25, -0.2) is 4.98 Å². The molecule has 1 aromatic carbocycles. The summed E-state index contributed by atoms with van der Waals surface area (Å²) in [6.07, 6.45) is 3.36. The lowest BCUT2D eigenvalue weighted by Crippen LogP contribution is -2.04. The largest absolute Gasteiger partial charge is 0.496 e. The van der Waals surface area contributed by atoms with Gasteiger partial charge in [0.1, 0.15) is 17.2 Å². The van der Waals surface area contributed by atoms with Crippen molar-refractivity contribution in [2.24, 2.45) is 0 Å². The molecule has 0 radical (unpaired) electrons. The summed E-state index contributed by atoms with van der Waals surface area (Å²) in [5.41, 5.74) is 8.31. The maximum atomic E-state index is 5.81. The van der Waals surface area contributed by atoms with Crippen molar-refractivity contribution < 1.29 is 9.15 Å². The molecule has 0 atom stereocenters. The van der Waals surface area contributed by atoms with Gasteiger partial charge in [-0.1, -0.05) is 0 Å². The first kappa shape index (κ1) is 12.3. The highest BCUT2D eigenvalue weighted by molar-refractivity contribution is 5.87. The third-order valence-corrected chi connectivity index (χ3v) is 3.13. The van der Waals surface area contributed by atoms with E-state index in [1.165, 1.54) is 0 Å². The molecular weight excluding hydrogens is 254 g/mol. The molecule has 0 spiro atoms. The number of nitrogen functional groups attached to an aromatic ring is 1. The number of nitrogens with two attached hydrogens (primary N) is 1. The molecule has 0 bridgehead atoms. The highest BCUT2D eigenvalue weighted by Gasteiger charge is 2.07. The van der Waals surface area contributed by atoms with Crippen molar-refractivity contribution in [1.82, 2.24) is 4.98 Å². The van der Waals surface area contributed by atoms with Gasteiger partial charge in [-0.15, -0.1) is 0 Å². The van der Waals surface area contributed by atoms with E-state index in [1.54, 1.807) is 19.6 Å². The lowest BCUT2D eigenvalue weighted by molar-refractivity contribution is 0.410. The van der Waals surface area contributed by atoms with Gasteiger partial charge in [0.05, 0.1) is 18.8 Å². The summed E-state index contributed by atoms with van der Waals surface area (Å²) >= 11 is 0. The number of furan rings is 1. The topological polar surface area (TPSA) is 73.3 Å². The van der Waals surface area contributed by atoms with Crippen LogP contribution < -0.4 is 15.8 Å². The molecule has 5 heteroatoms. The van der Waals surface area contributed by atoms with E-state index < -0.39 is 0 Å². The van der Waals surface area contributed by atoms with Crippen LogP contribution in [0.4, 0.5) is 11.5 Å². The summed E-state index contributed by atoms with van der Waals surface area (Å²) in [7, 11) is 1.64. The van der Waals surface area contributed by atoms with E-state index in [0.29, 0.717) is 12.2 Å². The quantitative estimate of drug-likeness (QED) is 0.712. The Morgan fingerprint density at radius 2 is 2.20 bits per heavy atom. The second-order valence-electron chi connectivity index (χ2n) is 4.42. The Balaban J connectivity index is 1.86. The molecule has 0 aliphatic heterocycles. The zero-order valence-corrected chi connectivity index (χ0v) is 11.1. The molecule has 3 N–H and O–H groups in total. The zero-order chi connectivity index (χ0) is 13.9. The Hall–Kier alpha value is -2.69. The number of nitrogens with zero attached hydrogens (tertiary/aromatic N) is 1. The SMILES string of the molecule is COc1ccc(N)cc1CNc1nccc2occc12. The van der Waals surface area contributed by atoms with Gasteiger partial charge in [-0.3, -0.25) is 0 Å². The maximum Gasteiger partial charge on any atom is 0.139 e. The number of rotatable bonds is 4. The number of hydrogen-bond acceptors (Lipinski definition) is 5. The first-order valence-electron chi connectivity index (χ1n) is 6.26. The summed E-state index contributed by atoms with van der Waals surface area (Å²) in [5, 5.41) is 4.24. The van der Waals surface area contributed by atoms with Crippen LogP contribution in [0.2, 0.25) is 0 Å². The molecule has 0 saturated carbocycles. The van der Waals surface area contributed by atoms with Gasteiger partial charge in [-0.05, 0) is 30.3 Å². The fourth-order valence-electron chi connectivity index (χ4n) is 2.15. The van der Waals surface area contributed by atoms with E-state index in [2.05, 4.69) is 10.3 Å². The number of benzene rings is 1. The van der Waals surface area contributed by atoms with Gasteiger partial charge < -0.3 is 20.2 Å². The van der Waals surface area contributed by atoms with Gasteiger partial charge in [0.15, 0.2) is 0 Å². The molecule has 5 nitrogen and oxygen atoms in total. The molecule has 0 aliphatic carbocycles. The minimum atomic E-state index is 0.575. The second-order valence-corrected chi connectivity index (χ2v) is 4.42. The molecule has 20 heavy (non-hydrogen) atoms. The second kappa shape index (κ2) is 5.13.